The van der Waals surface area contributed by atoms with Gasteiger partial charge < -0.3 is 4.74 Å². The number of ether oxygens (including phenoxy) is 1. The van der Waals surface area contributed by atoms with Crippen molar-refractivity contribution in [1.82, 2.24) is 0 Å². The standard InChI is InChI=1S/C7H13ClO/c1-6-3-4-7(2,5-8)9-6/h6H,3-5H2,1-2H3/t6-,7-/m1/s1. The zero-order valence-electron chi connectivity index (χ0n) is 5.98. The van der Waals surface area contributed by atoms with Crippen molar-refractivity contribution in [1.29, 1.82) is 0 Å². The van der Waals surface area contributed by atoms with Crippen molar-refractivity contribution in [3.8, 4) is 0 Å². The molecular weight excluding hydrogens is 136 g/mol. The van der Waals surface area contributed by atoms with E-state index in [-0.39, 0.29) is 5.60 Å². The van der Waals surface area contributed by atoms with Gasteiger partial charge in [0.1, 0.15) is 0 Å². The van der Waals surface area contributed by atoms with Crippen LogP contribution in [0.15, 0.2) is 0 Å². The number of hydrogen-bond acceptors (Lipinski definition) is 1. The second kappa shape index (κ2) is 2.47. The summed E-state index contributed by atoms with van der Waals surface area (Å²) >= 11 is 5.69. The van der Waals surface area contributed by atoms with Gasteiger partial charge in [-0.3, -0.25) is 0 Å². The first-order valence-electron chi connectivity index (χ1n) is 3.40. The average Bonchev–Trinajstić information content (AvgIpc) is 2.13. The first-order chi connectivity index (χ1) is 4.16. The van der Waals surface area contributed by atoms with E-state index in [0.29, 0.717) is 12.0 Å². The lowest BCUT2D eigenvalue weighted by atomic mass is 10.1. The Bertz CT molecular complexity index is 105. The van der Waals surface area contributed by atoms with Crippen molar-refractivity contribution >= 4 is 11.6 Å². The Hall–Kier alpha value is 0.250. The number of hydrogen-bond donors (Lipinski definition) is 0. The van der Waals surface area contributed by atoms with E-state index in [4.69, 9.17) is 16.3 Å². The summed E-state index contributed by atoms with van der Waals surface area (Å²) in [6.45, 7) is 4.17. The van der Waals surface area contributed by atoms with Gasteiger partial charge in [-0.1, -0.05) is 0 Å². The van der Waals surface area contributed by atoms with Crippen LogP contribution >= 0.6 is 11.6 Å². The number of alkyl halides is 1. The van der Waals surface area contributed by atoms with Crippen LogP contribution in [0.3, 0.4) is 0 Å². The first kappa shape index (κ1) is 7.36. The SMILES string of the molecule is C[C@@H]1CC[C@](C)(CCl)O1. The molecule has 0 bridgehead atoms. The lowest BCUT2D eigenvalue weighted by Gasteiger charge is -2.20. The molecule has 0 N–H and O–H groups in total. The number of halogens is 1. The maximum Gasteiger partial charge on any atom is 0.0793 e. The summed E-state index contributed by atoms with van der Waals surface area (Å²) in [7, 11) is 0. The van der Waals surface area contributed by atoms with Gasteiger partial charge in [-0.2, -0.15) is 0 Å². The minimum Gasteiger partial charge on any atom is -0.371 e. The minimum atomic E-state index is -0.0268. The van der Waals surface area contributed by atoms with E-state index in [9.17, 15) is 0 Å². The fourth-order valence-electron chi connectivity index (χ4n) is 1.21. The van der Waals surface area contributed by atoms with Crippen molar-refractivity contribution in [3.05, 3.63) is 0 Å². The molecule has 0 aromatic carbocycles. The molecule has 2 atom stereocenters. The molecule has 1 nitrogen and oxygen atoms in total. The highest BCUT2D eigenvalue weighted by molar-refractivity contribution is 6.18. The van der Waals surface area contributed by atoms with Gasteiger partial charge in [0, 0.05) is 0 Å². The van der Waals surface area contributed by atoms with Gasteiger partial charge in [-0.25, -0.2) is 0 Å². The smallest absolute Gasteiger partial charge is 0.0793 e. The summed E-state index contributed by atoms with van der Waals surface area (Å²) in [5.41, 5.74) is -0.0268. The van der Waals surface area contributed by atoms with E-state index in [1.165, 1.54) is 0 Å². The predicted molar refractivity (Wildman–Crippen MR) is 38.9 cm³/mol. The predicted octanol–water partition coefficient (Wildman–Crippen LogP) is 2.18. The molecule has 54 valence electrons. The molecule has 0 aliphatic carbocycles. The maximum absolute atomic E-state index is 5.69. The van der Waals surface area contributed by atoms with E-state index < -0.39 is 0 Å². The molecule has 1 rings (SSSR count). The van der Waals surface area contributed by atoms with Gasteiger partial charge in [0.2, 0.25) is 0 Å². The van der Waals surface area contributed by atoms with Crippen LogP contribution < -0.4 is 0 Å². The molecule has 0 saturated carbocycles. The number of rotatable bonds is 1. The Morgan fingerprint density at radius 3 is 2.67 bits per heavy atom. The third kappa shape index (κ3) is 1.59. The monoisotopic (exact) mass is 148 g/mol. The molecule has 1 aliphatic rings. The van der Waals surface area contributed by atoms with Crippen molar-refractivity contribution in [2.45, 2.75) is 38.4 Å². The van der Waals surface area contributed by atoms with Gasteiger partial charge in [-0.05, 0) is 26.7 Å². The topological polar surface area (TPSA) is 9.23 Å². The highest BCUT2D eigenvalue weighted by Gasteiger charge is 2.32. The molecule has 1 aliphatic heterocycles. The largest absolute Gasteiger partial charge is 0.371 e. The lowest BCUT2D eigenvalue weighted by Crippen LogP contribution is -2.26. The highest BCUT2D eigenvalue weighted by Crippen LogP contribution is 2.30. The summed E-state index contributed by atoms with van der Waals surface area (Å²) in [5.74, 6) is 0.622. The molecule has 0 radical (unpaired) electrons. The highest BCUT2D eigenvalue weighted by atomic mass is 35.5. The molecule has 0 amide bonds. The summed E-state index contributed by atoms with van der Waals surface area (Å²) in [4.78, 5) is 0. The molecule has 1 saturated heterocycles. The van der Waals surface area contributed by atoms with E-state index in [0.717, 1.165) is 12.8 Å². The molecule has 0 unspecified atom stereocenters. The lowest BCUT2D eigenvalue weighted by molar-refractivity contribution is -0.00415. The van der Waals surface area contributed by atoms with Crippen LogP contribution in [0.1, 0.15) is 26.7 Å². The van der Waals surface area contributed by atoms with Crippen LogP contribution in [-0.4, -0.2) is 17.6 Å². The van der Waals surface area contributed by atoms with Crippen LogP contribution in [0.4, 0.5) is 0 Å². The van der Waals surface area contributed by atoms with Crippen molar-refractivity contribution in [2.24, 2.45) is 0 Å². The van der Waals surface area contributed by atoms with Crippen molar-refractivity contribution in [2.75, 3.05) is 5.88 Å². The summed E-state index contributed by atoms with van der Waals surface area (Å²) in [6, 6.07) is 0. The Morgan fingerprint density at radius 2 is 2.44 bits per heavy atom. The second-order valence-electron chi connectivity index (χ2n) is 3.05. The molecular formula is C7H13ClO. The fraction of sp³-hybridized carbons (Fsp3) is 1.00. The minimum absolute atomic E-state index is 0.0268. The third-order valence-corrected chi connectivity index (χ3v) is 2.41. The quantitative estimate of drug-likeness (QED) is 0.518. The Balaban J connectivity index is 2.45. The molecule has 9 heavy (non-hydrogen) atoms. The van der Waals surface area contributed by atoms with E-state index >= 15 is 0 Å². The Morgan fingerprint density at radius 1 is 1.78 bits per heavy atom. The molecule has 1 heterocycles. The van der Waals surface area contributed by atoms with Gasteiger partial charge in [0.15, 0.2) is 0 Å². The maximum atomic E-state index is 5.69. The molecule has 1 fully saturated rings. The summed E-state index contributed by atoms with van der Waals surface area (Å²) in [5, 5.41) is 0. The molecule has 0 spiro atoms. The van der Waals surface area contributed by atoms with Gasteiger partial charge in [0.25, 0.3) is 0 Å². The van der Waals surface area contributed by atoms with Gasteiger partial charge in [0.05, 0.1) is 17.6 Å². The van der Waals surface area contributed by atoms with Crippen LogP contribution in [0.5, 0.6) is 0 Å². The molecule has 0 aromatic heterocycles. The van der Waals surface area contributed by atoms with E-state index in [1.54, 1.807) is 0 Å². The summed E-state index contributed by atoms with van der Waals surface area (Å²) in [6.07, 6.45) is 2.68. The first-order valence-corrected chi connectivity index (χ1v) is 3.93. The van der Waals surface area contributed by atoms with Gasteiger partial charge >= 0.3 is 0 Å². The molecule has 0 aromatic rings. The Labute approximate surface area is 61.3 Å². The van der Waals surface area contributed by atoms with Gasteiger partial charge in [-0.15, -0.1) is 11.6 Å². The third-order valence-electron chi connectivity index (χ3n) is 1.85. The zero-order chi connectivity index (χ0) is 6.91. The summed E-state index contributed by atoms with van der Waals surface area (Å²) < 4.78 is 5.57. The van der Waals surface area contributed by atoms with E-state index in [2.05, 4.69) is 13.8 Å². The van der Waals surface area contributed by atoms with Crippen LogP contribution in [0.25, 0.3) is 0 Å². The van der Waals surface area contributed by atoms with Crippen LogP contribution in [0.2, 0.25) is 0 Å². The van der Waals surface area contributed by atoms with Crippen molar-refractivity contribution < 1.29 is 4.74 Å². The van der Waals surface area contributed by atoms with Crippen molar-refractivity contribution in [3.63, 3.8) is 0 Å². The average molecular weight is 149 g/mol. The fourth-order valence-corrected chi connectivity index (χ4v) is 1.41. The second-order valence-corrected chi connectivity index (χ2v) is 3.32. The van der Waals surface area contributed by atoms with Crippen LogP contribution in [-0.2, 0) is 4.74 Å². The van der Waals surface area contributed by atoms with Crippen LogP contribution in [0, 0.1) is 0 Å². The normalized spacial score (nSPS) is 43.7. The Kier molecular flexibility index (Phi) is 2.02. The molecule has 2 heteroatoms. The zero-order valence-corrected chi connectivity index (χ0v) is 6.74. The van der Waals surface area contributed by atoms with E-state index in [1.807, 2.05) is 0 Å².